The van der Waals surface area contributed by atoms with Crippen LogP contribution in [0.2, 0.25) is 0 Å². The molecule has 0 fully saturated rings. The van der Waals surface area contributed by atoms with Crippen molar-refractivity contribution < 1.29 is 0 Å². The van der Waals surface area contributed by atoms with Gasteiger partial charge in [0.05, 0.1) is 6.20 Å². The predicted molar refractivity (Wildman–Crippen MR) is 51.8 cm³/mol. The molecule has 1 N–H and O–H groups in total. The summed E-state index contributed by atoms with van der Waals surface area (Å²) in [5.41, 5.74) is 1.02. The SMILES string of the molecule is CCCNc1nccn2nccc12. The molecule has 0 aliphatic carbocycles. The number of aromatic nitrogens is 3. The molecule has 2 aromatic heterocycles. The summed E-state index contributed by atoms with van der Waals surface area (Å²) < 4.78 is 1.81. The van der Waals surface area contributed by atoms with E-state index in [1.54, 1.807) is 12.4 Å². The van der Waals surface area contributed by atoms with Gasteiger partial charge < -0.3 is 5.32 Å². The Morgan fingerprint density at radius 3 is 3.23 bits per heavy atom. The highest BCUT2D eigenvalue weighted by atomic mass is 15.2. The van der Waals surface area contributed by atoms with Crippen LogP contribution < -0.4 is 5.32 Å². The van der Waals surface area contributed by atoms with Gasteiger partial charge in [-0.15, -0.1) is 0 Å². The number of anilines is 1. The molecule has 0 aliphatic heterocycles. The van der Waals surface area contributed by atoms with Crippen LogP contribution in [0.15, 0.2) is 24.7 Å². The summed E-state index contributed by atoms with van der Waals surface area (Å²) >= 11 is 0. The normalized spacial score (nSPS) is 10.5. The monoisotopic (exact) mass is 176 g/mol. The van der Waals surface area contributed by atoms with E-state index < -0.39 is 0 Å². The van der Waals surface area contributed by atoms with Crippen molar-refractivity contribution in [2.24, 2.45) is 0 Å². The van der Waals surface area contributed by atoms with Crippen molar-refractivity contribution in [2.75, 3.05) is 11.9 Å². The standard InChI is InChI=1S/C9H12N4/c1-2-4-10-9-8-3-5-12-13(8)7-6-11-9/h3,5-7H,2,4H2,1H3,(H,10,11). The Labute approximate surface area is 76.6 Å². The van der Waals surface area contributed by atoms with E-state index >= 15 is 0 Å². The maximum atomic E-state index is 4.24. The third kappa shape index (κ3) is 1.47. The lowest BCUT2D eigenvalue weighted by atomic mass is 10.4. The molecular weight excluding hydrogens is 164 g/mol. The van der Waals surface area contributed by atoms with E-state index in [-0.39, 0.29) is 0 Å². The molecule has 0 amide bonds. The second-order valence-electron chi connectivity index (χ2n) is 2.86. The van der Waals surface area contributed by atoms with Crippen LogP contribution in [0.25, 0.3) is 5.52 Å². The number of nitrogens with one attached hydrogen (secondary N) is 1. The molecular formula is C9H12N4. The van der Waals surface area contributed by atoms with E-state index in [2.05, 4.69) is 22.3 Å². The molecule has 4 heteroatoms. The summed E-state index contributed by atoms with van der Waals surface area (Å²) in [5, 5.41) is 7.38. The van der Waals surface area contributed by atoms with E-state index in [0.29, 0.717) is 0 Å². The fourth-order valence-corrected chi connectivity index (χ4v) is 1.24. The molecule has 68 valence electrons. The first kappa shape index (κ1) is 8.04. The Morgan fingerprint density at radius 1 is 1.46 bits per heavy atom. The summed E-state index contributed by atoms with van der Waals surface area (Å²) in [7, 11) is 0. The largest absolute Gasteiger partial charge is 0.368 e. The summed E-state index contributed by atoms with van der Waals surface area (Å²) in [5.74, 6) is 0.904. The minimum absolute atomic E-state index is 0.904. The Morgan fingerprint density at radius 2 is 2.38 bits per heavy atom. The van der Waals surface area contributed by atoms with Gasteiger partial charge in [-0.1, -0.05) is 6.92 Å². The van der Waals surface area contributed by atoms with Gasteiger partial charge in [-0.3, -0.25) is 0 Å². The zero-order valence-electron chi connectivity index (χ0n) is 7.57. The van der Waals surface area contributed by atoms with Gasteiger partial charge in [0.15, 0.2) is 5.82 Å². The Bertz CT molecular complexity index is 393. The Balaban J connectivity index is 2.37. The van der Waals surface area contributed by atoms with Crippen molar-refractivity contribution in [1.82, 2.24) is 14.6 Å². The van der Waals surface area contributed by atoms with Crippen molar-refractivity contribution >= 4 is 11.3 Å². The maximum absolute atomic E-state index is 4.24. The molecule has 0 unspecified atom stereocenters. The topological polar surface area (TPSA) is 42.2 Å². The second-order valence-corrected chi connectivity index (χ2v) is 2.86. The van der Waals surface area contributed by atoms with Gasteiger partial charge in [-0.05, 0) is 12.5 Å². The minimum Gasteiger partial charge on any atom is -0.368 e. The average molecular weight is 176 g/mol. The molecule has 0 saturated heterocycles. The molecule has 0 aromatic carbocycles. The number of hydrogen-bond donors (Lipinski definition) is 1. The lowest BCUT2D eigenvalue weighted by Crippen LogP contribution is -2.03. The number of hydrogen-bond acceptors (Lipinski definition) is 3. The highest BCUT2D eigenvalue weighted by molar-refractivity contribution is 5.66. The summed E-state index contributed by atoms with van der Waals surface area (Å²) in [6.07, 6.45) is 6.45. The van der Waals surface area contributed by atoms with Gasteiger partial charge in [0, 0.05) is 18.9 Å². The Hall–Kier alpha value is -1.58. The van der Waals surface area contributed by atoms with Crippen molar-refractivity contribution in [2.45, 2.75) is 13.3 Å². The van der Waals surface area contributed by atoms with Crippen LogP contribution in [0.5, 0.6) is 0 Å². The maximum Gasteiger partial charge on any atom is 0.152 e. The lowest BCUT2D eigenvalue weighted by Gasteiger charge is -2.04. The molecule has 2 heterocycles. The van der Waals surface area contributed by atoms with Crippen LogP contribution in [0.3, 0.4) is 0 Å². The van der Waals surface area contributed by atoms with E-state index in [9.17, 15) is 0 Å². The lowest BCUT2D eigenvalue weighted by molar-refractivity contribution is 0.930. The third-order valence-corrected chi connectivity index (χ3v) is 1.87. The van der Waals surface area contributed by atoms with Crippen LogP contribution in [-0.2, 0) is 0 Å². The van der Waals surface area contributed by atoms with Gasteiger partial charge in [0.1, 0.15) is 5.52 Å². The molecule has 2 aromatic rings. The highest BCUT2D eigenvalue weighted by Crippen LogP contribution is 2.11. The van der Waals surface area contributed by atoms with E-state index in [1.165, 1.54) is 0 Å². The van der Waals surface area contributed by atoms with Gasteiger partial charge >= 0.3 is 0 Å². The van der Waals surface area contributed by atoms with E-state index in [1.807, 2.05) is 16.8 Å². The van der Waals surface area contributed by atoms with Crippen LogP contribution in [0, 0.1) is 0 Å². The quantitative estimate of drug-likeness (QED) is 0.771. The molecule has 0 radical (unpaired) electrons. The second kappa shape index (κ2) is 3.43. The summed E-state index contributed by atoms with van der Waals surface area (Å²) in [4.78, 5) is 4.24. The van der Waals surface area contributed by atoms with E-state index in [4.69, 9.17) is 0 Å². The molecule has 13 heavy (non-hydrogen) atoms. The van der Waals surface area contributed by atoms with Crippen molar-refractivity contribution in [3.63, 3.8) is 0 Å². The first-order chi connectivity index (χ1) is 6.42. The summed E-state index contributed by atoms with van der Waals surface area (Å²) in [6.45, 7) is 3.07. The van der Waals surface area contributed by atoms with Gasteiger partial charge in [0.2, 0.25) is 0 Å². The fourth-order valence-electron chi connectivity index (χ4n) is 1.24. The van der Waals surface area contributed by atoms with Crippen molar-refractivity contribution in [3.8, 4) is 0 Å². The molecule has 2 rings (SSSR count). The van der Waals surface area contributed by atoms with Gasteiger partial charge in [-0.2, -0.15) is 5.10 Å². The first-order valence-corrected chi connectivity index (χ1v) is 4.44. The number of nitrogens with zero attached hydrogens (tertiary/aromatic N) is 3. The average Bonchev–Trinajstić information content (AvgIpc) is 2.62. The van der Waals surface area contributed by atoms with Crippen molar-refractivity contribution in [3.05, 3.63) is 24.7 Å². The molecule has 0 spiro atoms. The Kier molecular flexibility index (Phi) is 2.12. The highest BCUT2D eigenvalue weighted by Gasteiger charge is 2.00. The fraction of sp³-hybridized carbons (Fsp3) is 0.333. The van der Waals surface area contributed by atoms with Crippen LogP contribution in [0.4, 0.5) is 5.82 Å². The van der Waals surface area contributed by atoms with Crippen LogP contribution in [-0.4, -0.2) is 21.1 Å². The molecule has 0 saturated carbocycles. The van der Waals surface area contributed by atoms with Gasteiger partial charge in [-0.25, -0.2) is 9.50 Å². The zero-order chi connectivity index (χ0) is 9.10. The first-order valence-electron chi connectivity index (χ1n) is 4.44. The number of fused-ring (bicyclic) bond motifs is 1. The minimum atomic E-state index is 0.904. The summed E-state index contributed by atoms with van der Waals surface area (Å²) in [6, 6.07) is 1.95. The molecule has 0 bridgehead atoms. The van der Waals surface area contributed by atoms with E-state index in [0.717, 1.165) is 24.3 Å². The zero-order valence-corrected chi connectivity index (χ0v) is 7.57. The van der Waals surface area contributed by atoms with Crippen LogP contribution in [0.1, 0.15) is 13.3 Å². The molecule has 4 nitrogen and oxygen atoms in total. The van der Waals surface area contributed by atoms with Crippen molar-refractivity contribution in [1.29, 1.82) is 0 Å². The smallest absolute Gasteiger partial charge is 0.152 e. The number of rotatable bonds is 3. The molecule has 0 aliphatic rings. The third-order valence-electron chi connectivity index (χ3n) is 1.87. The van der Waals surface area contributed by atoms with Crippen LogP contribution >= 0.6 is 0 Å². The van der Waals surface area contributed by atoms with Gasteiger partial charge in [0.25, 0.3) is 0 Å². The predicted octanol–water partition coefficient (Wildman–Crippen LogP) is 1.55. The molecule has 0 atom stereocenters.